The molecule has 0 aliphatic heterocycles. The molecular weight excluding hydrogens is 1100 g/mol. The molecule has 0 aromatic heterocycles. The van der Waals surface area contributed by atoms with Gasteiger partial charge in [0, 0.05) is 0 Å². The molecule has 0 radical (unpaired) electrons. The van der Waals surface area contributed by atoms with Crippen LogP contribution in [0.25, 0.3) is 0 Å². The van der Waals surface area contributed by atoms with Crippen LogP contribution in [0.3, 0.4) is 0 Å². The van der Waals surface area contributed by atoms with Gasteiger partial charge in [-0.3, -0.25) is 0 Å². The smallest absolute Gasteiger partial charge is 1.00 e. The molecule has 300 valence electrons. The summed E-state index contributed by atoms with van der Waals surface area (Å²) in [5.41, 5.74) is 0. The molecule has 9 rings (SSSR count). The molecular formula is C54H45I2P3Pd. The van der Waals surface area contributed by atoms with E-state index in [-0.39, 0.29) is 68.4 Å². The summed E-state index contributed by atoms with van der Waals surface area (Å²) < 4.78 is 0. The van der Waals surface area contributed by atoms with Gasteiger partial charge in [-0.25, -0.2) is 0 Å². The molecule has 0 amide bonds. The Kier molecular flexibility index (Phi) is 22.4. The molecule has 0 aliphatic rings. The van der Waals surface area contributed by atoms with E-state index in [2.05, 4.69) is 273 Å². The average molecular weight is 1150 g/mol. The summed E-state index contributed by atoms with van der Waals surface area (Å²) >= 11 is 0. The Morgan fingerprint density at radius 1 is 0.150 bits per heavy atom. The van der Waals surface area contributed by atoms with Crippen molar-refractivity contribution >= 4 is 71.5 Å². The molecule has 9 aromatic rings. The molecule has 0 saturated carbocycles. The number of halogens is 2. The van der Waals surface area contributed by atoms with Crippen molar-refractivity contribution in [1.82, 2.24) is 0 Å². The quantitative estimate of drug-likeness (QED) is 0.115. The Bertz CT molecular complexity index is 1870. The molecule has 0 N–H and O–H groups in total. The van der Waals surface area contributed by atoms with Gasteiger partial charge in [-0.1, -0.05) is 273 Å². The van der Waals surface area contributed by atoms with E-state index in [1.807, 2.05) is 0 Å². The van der Waals surface area contributed by atoms with E-state index in [1.54, 1.807) is 0 Å². The monoisotopic (exact) mass is 1150 g/mol. The number of rotatable bonds is 9. The summed E-state index contributed by atoms with van der Waals surface area (Å²) in [5, 5.41) is 12.6. The first-order chi connectivity index (χ1) is 28.3. The maximum absolute atomic E-state index is 2.23. The fraction of sp³-hybridized carbons (Fsp3) is 0. The van der Waals surface area contributed by atoms with Gasteiger partial charge in [0.15, 0.2) is 0 Å². The summed E-state index contributed by atoms with van der Waals surface area (Å²) in [6.07, 6.45) is 0. The van der Waals surface area contributed by atoms with Crippen molar-refractivity contribution < 1.29 is 68.4 Å². The number of hydrogen-bond donors (Lipinski definition) is 0. The van der Waals surface area contributed by atoms with Crippen LogP contribution in [0.1, 0.15) is 0 Å². The molecule has 0 spiro atoms. The van der Waals surface area contributed by atoms with Gasteiger partial charge in [0.25, 0.3) is 0 Å². The van der Waals surface area contributed by atoms with Crippen molar-refractivity contribution in [3.63, 3.8) is 0 Å². The second kappa shape index (κ2) is 27.4. The van der Waals surface area contributed by atoms with Crippen LogP contribution in [0.2, 0.25) is 0 Å². The molecule has 0 heterocycles. The predicted octanol–water partition coefficient (Wildman–Crippen LogP) is 4.34. The van der Waals surface area contributed by atoms with E-state index < -0.39 is 23.8 Å². The Balaban J connectivity index is 0.000000194. The van der Waals surface area contributed by atoms with Crippen molar-refractivity contribution in [3.8, 4) is 0 Å². The summed E-state index contributed by atoms with van der Waals surface area (Å²) in [6.45, 7) is 0. The Morgan fingerprint density at radius 3 is 0.317 bits per heavy atom. The van der Waals surface area contributed by atoms with Gasteiger partial charge in [0.05, 0.1) is 0 Å². The summed E-state index contributed by atoms with van der Waals surface area (Å²) in [6, 6.07) is 97.0. The van der Waals surface area contributed by atoms with Crippen LogP contribution < -0.4 is 95.7 Å². The Labute approximate surface area is 408 Å². The van der Waals surface area contributed by atoms with Crippen LogP contribution in [0.5, 0.6) is 0 Å². The van der Waals surface area contributed by atoms with Gasteiger partial charge < -0.3 is 48.0 Å². The zero-order valence-electron chi connectivity index (χ0n) is 32.9. The molecule has 0 nitrogen and oxygen atoms in total. The second-order valence-electron chi connectivity index (χ2n) is 13.0. The first kappa shape index (κ1) is 49.1. The minimum absolute atomic E-state index is 0. The van der Waals surface area contributed by atoms with Crippen LogP contribution in [-0.2, 0) is 20.4 Å². The normalized spacial score (nSPS) is 10.1. The first-order valence-corrected chi connectivity index (χ1v) is 23.2. The molecule has 6 heteroatoms. The van der Waals surface area contributed by atoms with Gasteiger partial charge in [-0.2, -0.15) is 0 Å². The zero-order chi connectivity index (χ0) is 38.7. The molecule has 0 bridgehead atoms. The minimum atomic E-state index is -0.446. The van der Waals surface area contributed by atoms with Gasteiger partial charge >= 0.3 is 20.4 Å². The summed E-state index contributed by atoms with van der Waals surface area (Å²) in [7, 11) is -1.34. The van der Waals surface area contributed by atoms with Gasteiger partial charge in [0.2, 0.25) is 0 Å². The van der Waals surface area contributed by atoms with Crippen LogP contribution in [-0.4, -0.2) is 0 Å². The van der Waals surface area contributed by atoms with E-state index in [1.165, 1.54) is 47.7 Å². The molecule has 0 unspecified atom stereocenters. The molecule has 0 fully saturated rings. The zero-order valence-corrected chi connectivity index (χ0v) is 41.4. The molecule has 60 heavy (non-hydrogen) atoms. The van der Waals surface area contributed by atoms with Gasteiger partial charge in [0.1, 0.15) is 0 Å². The fourth-order valence-electron chi connectivity index (χ4n) is 6.54. The summed E-state index contributed by atoms with van der Waals surface area (Å²) in [4.78, 5) is 0. The maximum Gasteiger partial charge on any atom is 2.00 e. The van der Waals surface area contributed by atoms with Gasteiger partial charge in [-0.05, 0) is 71.5 Å². The van der Waals surface area contributed by atoms with E-state index in [9.17, 15) is 0 Å². The number of benzene rings is 9. The standard InChI is InChI=1S/3C18H15P.2HI.Pd/c3*1-4-10-16(11-5-1)19(17-12-6-2-7-13-17)18-14-8-3-9-15-18;;;/h3*1-15H;2*1H;/q;;;;;+2/p-2. The van der Waals surface area contributed by atoms with Crippen LogP contribution >= 0.6 is 23.8 Å². The third-order valence-electron chi connectivity index (χ3n) is 9.13. The maximum atomic E-state index is 2.23. The molecule has 0 aliphatic carbocycles. The number of hydrogen-bond acceptors (Lipinski definition) is 0. The van der Waals surface area contributed by atoms with Crippen molar-refractivity contribution in [1.29, 1.82) is 0 Å². The van der Waals surface area contributed by atoms with Crippen LogP contribution in [0.4, 0.5) is 0 Å². The fourth-order valence-corrected chi connectivity index (χ4v) is 13.5. The molecule has 0 atom stereocenters. The Morgan fingerprint density at radius 2 is 0.233 bits per heavy atom. The van der Waals surface area contributed by atoms with Crippen LogP contribution in [0, 0.1) is 0 Å². The van der Waals surface area contributed by atoms with Crippen molar-refractivity contribution in [3.05, 3.63) is 273 Å². The second-order valence-corrected chi connectivity index (χ2v) is 19.7. The molecule has 0 saturated heterocycles. The van der Waals surface area contributed by atoms with Crippen molar-refractivity contribution in [2.45, 2.75) is 0 Å². The van der Waals surface area contributed by atoms with Gasteiger partial charge in [-0.15, -0.1) is 0 Å². The van der Waals surface area contributed by atoms with E-state index >= 15 is 0 Å². The van der Waals surface area contributed by atoms with Crippen molar-refractivity contribution in [2.24, 2.45) is 0 Å². The minimum Gasteiger partial charge on any atom is -1.00 e. The van der Waals surface area contributed by atoms with E-state index in [4.69, 9.17) is 0 Å². The van der Waals surface area contributed by atoms with E-state index in [0.717, 1.165) is 0 Å². The SMILES string of the molecule is [I-].[I-].[Pd+2].c1ccc(P(c2ccccc2)c2ccccc2)cc1.c1ccc(P(c2ccccc2)c2ccccc2)cc1.c1ccc(P(c2ccccc2)c2ccccc2)cc1. The first-order valence-electron chi connectivity index (χ1n) is 19.2. The van der Waals surface area contributed by atoms with E-state index in [0.29, 0.717) is 0 Å². The Hall–Kier alpha value is -3.61. The van der Waals surface area contributed by atoms with Crippen LogP contribution in [0.15, 0.2) is 273 Å². The summed E-state index contributed by atoms with van der Waals surface area (Å²) in [5.74, 6) is 0. The third kappa shape index (κ3) is 14.2. The average Bonchev–Trinajstić information content (AvgIpc) is 3.30. The largest absolute Gasteiger partial charge is 2.00 e. The molecule has 9 aromatic carbocycles. The topological polar surface area (TPSA) is 0 Å². The van der Waals surface area contributed by atoms with Crippen molar-refractivity contribution in [2.75, 3.05) is 0 Å². The third-order valence-corrected chi connectivity index (χ3v) is 16.5. The predicted molar refractivity (Wildman–Crippen MR) is 255 cm³/mol.